The van der Waals surface area contributed by atoms with E-state index in [0.717, 1.165) is 48.5 Å². The fourth-order valence-electron chi connectivity index (χ4n) is 2.15. The van der Waals surface area contributed by atoms with Crippen molar-refractivity contribution >= 4 is 40.0 Å². The number of hydrogen-bond donors (Lipinski definition) is 1. The van der Waals surface area contributed by atoms with Gasteiger partial charge >= 0.3 is 0 Å². The van der Waals surface area contributed by atoms with Crippen LogP contribution in [0.25, 0.3) is 0 Å². The maximum atomic E-state index is 12.0. The van der Waals surface area contributed by atoms with E-state index in [2.05, 4.69) is 22.0 Å². The maximum absolute atomic E-state index is 12.0. The summed E-state index contributed by atoms with van der Waals surface area (Å²) >= 11 is 2.77. The Hall–Kier alpha value is -1.35. The van der Waals surface area contributed by atoms with E-state index in [1.54, 1.807) is 0 Å². The Morgan fingerprint density at radius 3 is 2.64 bits per heavy atom. The fraction of sp³-hybridized carbons (Fsp3) is 0.692. The van der Waals surface area contributed by atoms with E-state index in [9.17, 15) is 9.59 Å². The molecule has 0 aliphatic carbocycles. The number of anilines is 1. The Morgan fingerprint density at radius 2 is 2.00 bits per heavy atom. The van der Waals surface area contributed by atoms with Gasteiger partial charge in [-0.3, -0.25) is 9.59 Å². The standard InChI is InChI=1S/C13H21N5O2S2/c1-2-3-4-11(20)17-5-7-18(8-6-17)12-15-16-13(22-12)21-9-10(14)19/h2-9H2,1H3,(H2,14,19). The van der Waals surface area contributed by atoms with Gasteiger partial charge < -0.3 is 15.5 Å². The molecule has 1 aliphatic rings. The summed E-state index contributed by atoms with van der Waals surface area (Å²) in [5, 5.41) is 9.06. The van der Waals surface area contributed by atoms with Crippen LogP contribution >= 0.6 is 23.1 Å². The molecule has 7 nitrogen and oxygen atoms in total. The lowest BCUT2D eigenvalue weighted by Crippen LogP contribution is -2.48. The van der Waals surface area contributed by atoms with Gasteiger partial charge in [-0.1, -0.05) is 36.4 Å². The molecular weight excluding hydrogens is 322 g/mol. The summed E-state index contributed by atoms with van der Waals surface area (Å²) in [7, 11) is 0. The molecule has 2 rings (SSSR count). The maximum Gasteiger partial charge on any atom is 0.227 e. The second-order valence-corrected chi connectivity index (χ2v) is 7.26. The monoisotopic (exact) mass is 343 g/mol. The van der Waals surface area contributed by atoms with Gasteiger partial charge in [0.25, 0.3) is 0 Å². The van der Waals surface area contributed by atoms with Crippen LogP contribution in [0.5, 0.6) is 0 Å². The largest absolute Gasteiger partial charge is 0.369 e. The summed E-state index contributed by atoms with van der Waals surface area (Å²) in [4.78, 5) is 26.8. The van der Waals surface area contributed by atoms with Crippen molar-refractivity contribution in [1.29, 1.82) is 0 Å². The molecule has 9 heteroatoms. The van der Waals surface area contributed by atoms with Crippen LogP contribution < -0.4 is 10.6 Å². The third-order valence-electron chi connectivity index (χ3n) is 3.38. The number of rotatable bonds is 7. The van der Waals surface area contributed by atoms with Gasteiger partial charge in [0.1, 0.15) is 0 Å². The Morgan fingerprint density at radius 1 is 1.27 bits per heavy atom. The molecule has 2 amide bonds. The third kappa shape index (κ3) is 4.84. The first kappa shape index (κ1) is 17.0. The number of piperazine rings is 1. The Balaban J connectivity index is 1.81. The minimum Gasteiger partial charge on any atom is -0.369 e. The molecule has 122 valence electrons. The molecule has 0 bridgehead atoms. The first-order chi connectivity index (χ1) is 10.6. The lowest BCUT2D eigenvalue weighted by molar-refractivity contribution is -0.131. The predicted octanol–water partition coefficient (Wildman–Crippen LogP) is 0.954. The first-order valence-electron chi connectivity index (χ1n) is 7.37. The summed E-state index contributed by atoms with van der Waals surface area (Å²) < 4.78 is 0.746. The molecule has 0 aromatic carbocycles. The zero-order chi connectivity index (χ0) is 15.9. The topological polar surface area (TPSA) is 92.4 Å². The van der Waals surface area contributed by atoms with Gasteiger partial charge in [-0.05, 0) is 6.42 Å². The van der Waals surface area contributed by atoms with E-state index in [4.69, 9.17) is 5.73 Å². The number of amides is 2. The van der Waals surface area contributed by atoms with Crippen LogP contribution in [0, 0.1) is 0 Å². The summed E-state index contributed by atoms with van der Waals surface area (Å²) in [6.07, 6.45) is 2.64. The molecule has 1 aromatic rings. The zero-order valence-electron chi connectivity index (χ0n) is 12.7. The van der Waals surface area contributed by atoms with Gasteiger partial charge in [-0.15, -0.1) is 10.2 Å². The van der Waals surface area contributed by atoms with Crippen molar-refractivity contribution in [3.8, 4) is 0 Å². The van der Waals surface area contributed by atoms with Crippen LogP contribution in [0.3, 0.4) is 0 Å². The first-order valence-corrected chi connectivity index (χ1v) is 9.17. The SMILES string of the molecule is CCCCC(=O)N1CCN(c2nnc(SCC(N)=O)s2)CC1. The molecule has 0 spiro atoms. The summed E-state index contributed by atoms with van der Waals surface area (Å²) in [6, 6.07) is 0. The van der Waals surface area contributed by atoms with Crippen LogP contribution in [-0.4, -0.2) is 58.8 Å². The molecule has 0 radical (unpaired) electrons. The van der Waals surface area contributed by atoms with Crippen LogP contribution in [0.1, 0.15) is 26.2 Å². The van der Waals surface area contributed by atoms with E-state index < -0.39 is 0 Å². The quantitative estimate of drug-likeness (QED) is 0.741. The van der Waals surface area contributed by atoms with Gasteiger partial charge in [0.05, 0.1) is 5.75 Å². The molecule has 1 fully saturated rings. The molecule has 2 N–H and O–H groups in total. The molecule has 2 heterocycles. The van der Waals surface area contributed by atoms with E-state index in [1.807, 2.05) is 4.90 Å². The van der Waals surface area contributed by atoms with Crippen LogP contribution in [0.4, 0.5) is 5.13 Å². The average molecular weight is 343 g/mol. The van der Waals surface area contributed by atoms with Crippen molar-refractivity contribution in [2.45, 2.75) is 30.5 Å². The van der Waals surface area contributed by atoms with Gasteiger partial charge in [0.15, 0.2) is 4.34 Å². The van der Waals surface area contributed by atoms with E-state index in [0.29, 0.717) is 6.42 Å². The van der Waals surface area contributed by atoms with Crippen molar-refractivity contribution < 1.29 is 9.59 Å². The van der Waals surface area contributed by atoms with Crippen LogP contribution in [-0.2, 0) is 9.59 Å². The summed E-state index contributed by atoms with van der Waals surface area (Å²) in [5.41, 5.74) is 5.12. The molecule has 1 saturated heterocycles. The number of carbonyl (C=O) groups excluding carboxylic acids is 2. The second kappa shape index (κ2) is 8.33. The van der Waals surface area contributed by atoms with E-state index in [1.165, 1.54) is 23.1 Å². The highest BCUT2D eigenvalue weighted by atomic mass is 32.2. The lowest BCUT2D eigenvalue weighted by atomic mass is 10.2. The van der Waals surface area contributed by atoms with E-state index >= 15 is 0 Å². The third-order valence-corrected chi connectivity index (χ3v) is 5.52. The van der Waals surface area contributed by atoms with E-state index in [-0.39, 0.29) is 17.6 Å². The Kier molecular flexibility index (Phi) is 6.44. The molecule has 22 heavy (non-hydrogen) atoms. The molecule has 0 unspecified atom stereocenters. The number of nitrogens with two attached hydrogens (primary N) is 1. The highest BCUT2D eigenvalue weighted by Crippen LogP contribution is 2.28. The summed E-state index contributed by atoms with van der Waals surface area (Å²) in [5.74, 6) is 0.103. The number of hydrogen-bond acceptors (Lipinski definition) is 7. The number of nitrogens with zero attached hydrogens (tertiary/aromatic N) is 4. The Bertz CT molecular complexity index is 514. The highest BCUT2D eigenvalue weighted by molar-refractivity contribution is 8.01. The van der Waals surface area contributed by atoms with Crippen molar-refractivity contribution in [2.75, 3.05) is 36.8 Å². The molecule has 0 saturated carbocycles. The van der Waals surface area contributed by atoms with Crippen molar-refractivity contribution in [3.05, 3.63) is 0 Å². The van der Waals surface area contributed by atoms with Crippen molar-refractivity contribution in [1.82, 2.24) is 15.1 Å². The Labute approximate surface area is 138 Å². The minimum absolute atomic E-state index is 0.217. The number of thioether (sulfide) groups is 1. The smallest absolute Gasteiger partial charge is 0.227 e. The van der Waals surface area contributed by atoms with Crippen molar-refractivity contribution in [2.24, 2.45) is 5.73 Å². The van der Waals surface area contributed by atoms with Gasteiger partial charge in [-0.25, -0.2) is 0 Å². The van der Waals surface area contributed by atoms with Crippen LogP contribution in [0.2, 0.25) is 0 Å². The van der Waals surface area contributed by atoms with Gasteiger partial charge in [0.2, 0.25) is 16.9 Å². The molecular formula is C13H21N5O2S2. The van der Waals surface area contributed by atoms with Crippen LogP contribution in [0.15, 0.2) is 4.34 Å². The molecule has 0 atom stereocenters. The number of primary amides is 1. The minimum atomic E-state index is -0.360. The number of carbonyl (C=O) groups is 2. The van der Waals surface area contributed by atoms with Gasteiger partial charge in [-0.2, -0.15) is 0 Å². The predicted molar refractivity (Wildman–Crippen MR) is 88.1 cm³/mol. The number of aromatic nitrogens is 2. The van der Waals surface area contributed by atoms with Crippen molar-refractivity contribution in [3.63, 3.8) is 0 Å². The normalized spacial score (nSPS) is 15.1. The average Bonchev–Trinajstić information content (AvgIpc) is 2.99. The molecule has 1 aliphatic heterocycles. The fourth-order valence-corrected chi connectivity index (χ4v) is 3.79. The highest BCUT2D eigenvalue weighted by Gasteiger charge is 2.23. The summed E-state index contributed by atoms with van der Waals surface area (Å²) in [6.45, 7) is 5.09. The lowest BCUT2D eigenvalue weighted by Gasteiger charge is -2.34. The zero-order valence-corrected chi connectivity index (χ0v) is 14.3. The second-order valence-electron chi connectivity index (χ2n) is 5.08. The molecule has 1 aromatic heterocycles. The number of unbranched alkanes of at least 4 members (excludes halogenated alkanes) is 1. The van der Waals surface area contributed by atoms with Gasteiger partial charge in [0, 0.05) is 32.6 Å².